The second-order valence-electron chi connectivity index (χ2n) is 4.38. The second-order valence-corrected chi connectivity index (χ2v) is 4.38. The van der Waals surface area contributed by atoms with Crippen LogP contribution in [-0.2, 0) is 0 Å². The molecular weight excluding hydrogens is 238 g/mol. The van der Waals surface area contributed by atoms with Crippen LogP contribution in [0.1, 0.15) is 28.4 Å². The minimum Gasteiger partial charge on any atom is -0.494 e. The van der Waals surface area contributed by atoms with E-state index in [0.29, 0.717) is 23.4 Å². The fourth-order valence-electron chi connectivity index (χ4n) is 1.89. The highest BCUT2D eigenvalue weighted by Gasteiger charge is 2.12. The molecule has 0 atom stereocenters. The number of anilines is 1. The molecule has 98 valence electrons. The van der Waals surface area contributed by atoms with Crippen molar-refractivity contribution in [3.63, 3.8) is 0 Å². The Balaban J connectivity index is 2.30. The number of carbonyl (C=O) groups is 1. The highest BCUT2D eigenvalue weighted by molar-refractivity contribution is 6.12. The van der Waals surface area contributed by atoms with E-state index in [0.717, 1.165) is 11.3 Å². The average molecular weight is 255 g/mol. The Bertz CT molecular complexity index is 588. The van der Waals surface area contributed by atoms with Gasteiger partial charge in [0, 0.05) is 16.8 Å². The third-order valence-corrected chi connectivity index (χ3v) is 2.88. The zero-order chi connectivity index (χ0) is 13.8. The molecular formula is C16H17NO2. The Labute approximate surface area is 113 Å². The summed E-state index contributed by atoms with van der Waals surface area (Å²) in [4.78, 5) is 12.4. The Hall–Kier alpha value is -2.29. The van der Waals surface area contributed by atoms with Crippen LogP contribution >= 0.6 is 0 Å². The number of nitrogen functional groups attached to an aromatic ring is 1. The van der Waals surface area contributed by atoms with Crippen molar-refractivity contribution in [2.45, 2.75) is 13.8 Å². The molecule has 2 rings (SSSR count). The molecule has 0 bridgehead atoms. The summed E-state index contributed by atoms with van der Waals surface area (Å²) in [5, 5.41) is 0. The van der Waals surface area contributed by atoms with Gasteiger partial charge in [-0.2, -0.15) is 0 Å². The number of carbonyl (C=O) groups excluding carboxylic acids is 1. The van der Waals surface area contributed by atoms with Gasteiger partial charge in [-0.1, -0.05) is 11.6 Å². The predicted octanol–water partition coefficient (Wildman–Crippen LogP) is 3.21. The van der Waals surface area contributed by atoms with E-state index >= 15 is 0 Å². The molecule has 0 spiro atoms. The minimum absolute atomic E-state index is 0.0655. The van der Waals surface area contributed by atoms with Gasteiger partial charge in [-0.3, -0.25) is 4.79 Å². The van der Waals surface area contributed by atoms with Crippen LogP contribution in [-0.4, -0.2) is 12.4 Å². The summed E-state index contributed by atoms with van der Waals surface area (Å²) in [6, 6.07) is 12.6. The Morgan fingerprint density at radius 1 is 1.16 bits per heavy atom. The van der Waals surface area contributed by atoms with E-state index in [1.807, 2.05) is 26.0 Å². The molecule has 0 aliphatic carbocycles. The number of benzene rings is 2. The van der Waals surface area contributed by atoms with Crippen LogP contribution in [0.4, 0.5) is 5.69 Å². The van der Waals surface area contributed by atoms with E-state index in [1.165, 1.54) is 0 Å². The van der Waals surface area contributed by atoms with Crippen LogP contribution < -0.4 is 10.5 Å². The Kier molecular flexibility index (Phi) is 3.85. The molecule has 0 unspecified atom stereocenters. The number of hydrogen-bond donors (Lipinski definition) is 1. The average Bonchev–Trinajstić information content (AvgIpc) is 2.42. The van der Waals surface area contributed by atoms with Gasteiger partial charge in [-0.15, -0.1) is 0 Å². The van der Waals surface area contributed by atoms with Crippen molar-refractivity contribution in [3.05, 3.63) is 59.2 Å². The van der Waals surface area contributed by atoms with Crippen LogP contribution in [0.2, 0.25) is 0 Å². The smallest absolute Gasteiger partial charge is 0.195 e. The highest BCUT2D eigenvalue weighted by atomic mass is 16.5. The number of ether oxygens (including phenoxy) is 1. The lowest BCUT2D eigenvalue weighted by molar-refractivity contribution is 0.103. The third-order valence-electron chi connectivity index (χ3n) is 2.88. The number of rotatable bonds is 4. The number of ketones is 1. The number of hydrogen-bond acceptors (Lipinski definition) is 3. The van der Waals surface area contributed by atoms with Gasteiger partial charge in [0.15, 0.2) is 5.78 Å². The first kappa shape index (κ1) is 13.1. The number of nitrogens with two attached hydrogens (primary N) is 1. The van der Waals surface area contributed by atoms with Gasteiger partial charge in [0.05, 0.1) is 6.61 Å². The van der Waals surface area contributed by atoms with Crippen molar-refractivity contribution < 1.29 is 9.53 Å². The molecule has 0 amide bonds. The molecule has 0 saturated heterocycles. The van der Waals surface area contributed by atoms with E-state index in [4.69, 9.17) is 10.5 Å². The Morgan fingerprint density at radius 3 is 2.47 bits per heavy atom. The standard InChI is InChI=1S/C16H17NO2/c1-3-19-13-7-5-12(6-8-13)16(18)14-10-11(2)4-9-15(14)17/h4-10H,3,17H2,1-2H3. The molecule has 19 heavy (non-hydrogen) atoms. The zero-order valence-corrected chi connectivity index (χ0v) is 11.1. The first-order chi connectivity index (χ1) is 9.11. The first-order valence-corrected chi connectivity index (χ1v) is 6.25. The SMILES string of the molecule is CCOc1ccc(C(=O)c2cc(C)ccc2N)cc1. The molecule has 2 aromatic rings. The molecule has 0 aliphatic rings. The lowest BCUT2D eigenvalue weighted by Crippen LogP contribution is -2.05. The van der Waals surface area contributed by atoms with Gasteiger partial charge in [0.25, 0.3) is 0 Å². The summed E-state index contributed by atoms with van der Waals surface area (Å²) in [6.07, 6.45) is 0. The van der Waals surface area contributed by atoms with Crippen molar-refractivity contribution in [3.8, 4) is 5.75 Å². The lowest BCUT2D eigenvalue weighted by Gasteiger charge is -2.07. The first-order valence-electron chi connectivity index (χ1n) is 6.25. The Morgan fingerprint density at radius 2 is 1.84 bits per heavy atom. The molecule has 0 fully saturated rings. The van der Waals surface area contributed by atoms with Crippen LogP contribution in [0.25, 0.3) is 0 Å². The van der Waals surface area contributed by atoms with Gasteiger partial charge in [0.1, 0.15) is 5.75 Å². The monoisotopic (exact) mass is 255 g/mol. The van der Waals surface area contributed by atoms with Gasteiger partial charge in [-0.25, -0.2) is 0 Å². The zero-order valence-electron chi connectivity index (χ0n) is 11.1. The molecule has 0 saturated carbocycles. The van der Waals surface area contributed by atoms with E-state index in [9.17, 15) is 4.79 Å². The van der Waals surface area contributed by atoms with Crippen LogP contribution in [0.3, 0.4) is 0 Å². The maximum atomic E-state index is 12.4. The molecule has 0 aromatic heterocycles. The minimum atomic E-state index is -0.0655. The van der Waals surface area contributed by atoms with Crippen molar-refractivity contribution in [1.29, 1.82) is 0 Å². The molecule has 3 nitrogen and oxygen atoms in total. The highest BCUT2D eigenvalue weighted by Crippen LogP contribution is 2.20. The van der Waals surface area contributed by atoms with Crippen LogP contribution in [0.5, 0.6) is 5.75 Å². The summed E-state index contributed by atoms with van der Waals surface area (Å²) in [5.41, 5.74) is 8.54. The van der Waals surface area contributed by atoms with E-state index in [-0.39, 0.29) is 5.78 Å². The second kappa shape index (κ2) is 5.57. The summed E-state index contributed by atoms with van der Waals surface area (Å²) in [6.45, 7) is 4.47. The van der Waals surface area contributed by atoms with E-state index < -0.39 is 0 Å². The largest absolute Gasteiger partial charge is 0.494 e. The molecule has 0 heterocycles. The normalized spacial score (nSPS) is 10.2. The predicted molar refractivity (Wildman–Crippen MR) is 76.6 cm³/mol. The summed E-state index contributed by atoms with van der Waals surface area (Å²) in [7, 11) is 0. The fraction of sp³-hybridized carbons (Fsp3) is 0.188. The summed E-state index contributed by atoms with van der Waals surface area (Å²) >= 11 is 0. The lowest BCUT2D eigenvalue weighted by atomic mass is 10.00. The maximum Gasteiger partial charge on any atom is 0.195 e. The van der Waals surface area contributed by atoms with E-state index in [1.54, 1.807) is 30.3 Å². The van der Waals surface area contributed by atoms with Crippen LogP contribution in [0, 0.1) is 6.92 Å². The third kappa shape index (κ3) is 2.94. The van der Waals surface area contributed by atoms with Crippen molar-refractivity contribution >= 4 is 11.5 Å². The molecule has 2 aromatic carbocycles. The van der Waals surface area contributed by atoms with Crippen molar-refractivity contribution in [2.75, 3.05) is 12.3 Å². The molecule has 3 heteroatoms. The summed E-state index contributed by atoms with van der Waals surface area (Å²) < 4.78 is 5.35. The van der Waals surface area contributed by atoms with Crippen molar-refractivity contribution in [1.82, 2.24) is 0 Å². The van der Waals surface area contributed by atoms with Crippen LogP contribution in [0.15, 0.2) is 42.5 Å². The quantitative estimate of drug-likeness (QED) is 0.674. The summed E-state index contributed by atoms with van der Waals surface area (Å²) in [5.74, 6) is 0.695. The van der Waals surface area contributed by atoms with E-state index in [2.05, 4.69) is 0 Å². The van der Waals surface area contributed by atoms with Gasteiger partial charge in [-0.05, 0) is 50.2 Å². The van der Waals surface area contributed by atoms with Gasteiger partial charge >= 0.3 is 0 Å². The van der Waals surface area contributed by atoms with Gasteiger partial charge in [0.2, 0.25) is 0 Å². The molecule has 2 N–H and O–H groups in total. The fourth-order valence-corrected chi connectivity index (χ4v) is 1.89. The maximum absolute atomic E-state index is 12.4. The topological polar surface area (TPSA) is 52.3 Å². The van der Waals surface area contributed by atoms with Crippen molar-refractivity contribution in [2.24, 2.45) is 0 Å². The molecule has 0 aliphatic heterocycles. The van der Waals surface area contributed by atoms with Gasteiger partial charge < -0.3 is 10.5 Å². The number of aryl methyl sites for hydroxylation is 1. The molecule has 0 radical (unpaired) electrons.